The molecule has 1 amide bonds. The first-order chi connectivity index (χ1) is 7.84. The molecule has 3 nitrogen and oxygen atoms in total. The van der Waals surface area contributed by atoms with Crippen molar-refractivity contribution >= 4 is 5.91 Å². The second kappa shape index (κ2) is 5.85. The smallest absolute Gasteiger partial charge is 0.222 e. The second-order valence-corrected chi connectivity index (χ2v) is 6.48. The highest BCUT2D eigenvalue weighted by Gasteiger charge is 2.27. The summed E-state index contributed by atoms with van der Waals surface area (Å²) in [5.41, 5.74) is 0.194. The molecular formula is C14H27NO2. The highest BCUT2D eigenvalue weighted by Crippen LogP contribution is 2.29. The number of likely N-dealkylation sites (tertiary alicyclic amines) is 1. The Hall–Kier alpha value is -0.570. The predicted octanol–water partition coefficient (Wildman–Crippen LogP) is 2.29. The van der Waals surface area contributed by atoms with Crippen LogP contribution in [0.5, 0.6) is 0 Å². The van der Waals surface area contributed by atoms with E-state index in [0.29, 0.717) is 18.3 Å². The number of hydrogen-bond acceptors (Lipinski definition) is 2. The first-order valence-corrected chi connectivity index (χ1v) is 6.73. The lowest BCUT2D eigenvalue weighted by molar-refractivity contribution is -0.134. The molecule has 0 aromatic heterocycles. The zero-order valence-electron chi connectivity index (χ0n) is 11.7. The fourth-order valence-electron chi connectivity index (χ4n) is 2.06. The van der Waals surface area contributed by atoms with Gasteiger partial charge in [0.1, 0.15) is 0 Å². The van der Waals surface area contributed by atoms with E-state index in [0.717, 1.165) is 25.9 Å². The van der Waals surface area contributed by atoms with Gasteiger partial charge in [-0.3, -0.25) is 4.79 Å². The summed E-state index contributed by atoms with van der Waals surface area (Å²) >= 11 is 0. The van der Waals surface area contributed by atoms with Gasteiger partial charge < -0.3 is 10.0 Å². The molecule has 1 aliphatic rings. The molecule has 1 saturated heterocycles. The van der Waals surface area contributed by atoms with Crippen molar-refractivity contribution in [1.82, 2.24) is 4.90 Å². The number of rotatable bonds is 3. The van der Waals surface area contributed by atoms with Crippen LogP contribution in [0.25, 0.3) is 0 Å². The summed E-state index contributed by atoms with van der Waals surface area (Å²) < 4.78 is 0. The van der Waals surface area contributed by atoms with E-state index >= 15 is 0 Å². The van der Waals surface area contributed by atoms with Crippen LogP contribution in [0.3, 0.4) is 0 Å². The maximum Gasteiger partial charge on any atom is 0.222 e. The Labute approximate surface area is 105 Å². The maximum absolute atomic E-state index is 12.1. The lowest BCUT2D eigenvalue weighted by Crippen LogP contribution is -2.40. The fourth-order valence-corrected chi connectivity index (χ4v) is 2.06. The molecule has 0 radical (unpaired) electrons. The standard InChI is InChI=1S/C14H27NO2/c1-11(14(2,3)4)9-13(17)15-7-5-12(10-16)6-8-15/h11-12,16H,5-10H2,1-4H3. The van der Waals surface area contributed by atoms with Gasteiger partial charge in [-0.25, -0.2) is 0 Å². The van der Waals surface area contributed by atoms with Crippen molar-refractivity contribution < 1.29 is 9.90 Å². The van der Waals surface area contributed by atoms with Crippen molar-refractivity contribution in [1.29, 1.82) is 0 Å². The molecule has 1 rings (SSSR count). The van der Waals surface area contributed by atoms with E-state index in [-0.39, 0.29) is 17.9 Å². The minimum Gasteiger partial charge on any atom is -0.396 e. The summed E-state index contributed by atoms with van der Waals surface area (Å²) in [6.07, 6.45) is 2.55. The molecule has 1 N–H and O–H groups in total. The zero-order chi connectivity index (χ0) is 13.1. The van der Waals surface area contributed by atoms with E-state index in [4.69, 9.17) is 5.11 Å². The van der Waals surface area contributed by atoms with Crippen LogP contribution in [-0.4, -0.2) is 35.6 Å². The third-order valence-electron chi connectivity index (χ3n) is 4.18. The Morgan fingerprint density at radius 2 is 1.88 bits per heavy atom. The number of aliphatic hydroxyl groups is 1. The molecule has 0 bridgehead atoms. The normalized spacial score (nSPS) is 20.4. The molecule has 1 aliphatic heterocycles. The minimum atomic E-state index is 0.194. The first-order valence-electron chi connectivity index (χ1n) is 6.73. The molecule has 0 aromatic rings. The third-order valence-corrected chi connectivity index (χ3v) is 4.18. The van der Waals surface area contributed by atoms with Crippen molar-refractivity contribution in [2.45, 2.75) is 47.0 Å². The molecule has 100 valence electrons. The summed E-state index contributed by atoms with van der Waals surface area (Å²) in [5.74, 6) is 1.09. The van der Waals surface area contributed by atoms with Crippen LogP contribution >= 0.6 is 0 Å². The van der Waals surface area contributed by atoms with Crippen molar-refractivity contribution in [3.05, 3.63) is 0 Å². The topological polar surface area (TPSA) is 40.5 Å². The lowest BCUT2D eigenvalue weighted by atomic mass is 9.80. The molecule has 0 aromatic carbocycles. The Bertz CT molecular complexity index is 249. The van der Waals surface area contributed by atoms with E-state index in [1.54, 1.807) is 0 Å². The molecule has 0 spiro atoms. The highest BCUT2D eigenvalue weighted by atomic mass is 16.3. The molecule has 1 atom stereocenters. The van der Waals surface area contributed by atoms with Crippen LogP contribution < -0.4 is 0 Å². The molecular weight excluding hydrogens is 214 g/mol. The maximum atomic E-state index is 12.1. The lowest BCUT2D eigenvalue weighted by Gasteiger charge is -2.34. The quantitative estimate of drug-likeness (QED) is 0.823. The van der Waals surface area contributed by atoms with Crippen LogP contribution in [-0.2, 0) is 4.79 Å². The average Bonchev–Trinajstić information content (AvgIpc) is 2.27. The van der Waals surface area contributed by atoms with Gasteiger partial charge in [-0.05, 0) is 30.1 Å². The van der Waals surface area contributed by atoms with Gasteiger partial charge >= 0.3 is 0 Å². The molecule has 0 saturated carbocycles. The van der Waals surface area contributed by atoms with Gasteiger partial charge in [0.25, 0.3) is 0 Å². The van der Waals surface area contributed by atoms with Gasteiger partial charge in [0.05, 0.1) is 0 Å². The van der Waals surface area contributed by atoms with Gasteiger partial charge in [-0.15, -0.1) is 0 Å². The van der Waals surface area contributed by atoms with Crippen LogP contribution in [0.1, 0.15) is 47.0 Å². The molecule has 17 heavy (non-hydrogen) atoms. The van der Waals surface area contributed by atoms with E-state index in [1.165, 1.54) is 0 Å². The van der Waals surface area contributed by atoms with Gasteiger partial charge in [-0.1, -0.05) is 27.7 Å². The first kappa shape index (κ1) is 14.5. The summed E-state index contributed by atoms with van der Waals surface area (Å²) in [7, 11) is 0. The zero-order valence-corrected chi connectivity index (χ0v) is 11.7. The largest absolute Gasteiger partial charge is 0.396 e. The molecule has 0 aliphatic carbocycles. The van der Waals surface area contributed by atoms with Crippen LogP contribution in [0.2, 0.25) is 0 Å². The molecule has 1 fully saturated rings. The Morgan fingerprint density at radius 1 is 1.35 bits per heavy atom. The summed E-state index contributed by atoms with van der Waals surface area (Å²) in [4.78, 5) is 14.1. The van der Waals surface area contributed by atoms with Crippen molar-refractivity contribution in [2.75, 3.05) is 19.7 Å². The Balaban J connectivity index is 2.39. The Kier molecular flexibility index (Phi) is 4.99. The number of carbonyl (C=O) groups excluding carboxylic acids is 1. The van der Waals surface area contributed by atoms with Crippen molar-refractivity contribution in [2.24, 2.45) is 17.3 Å². The third kappa shape index (κ3) is 4.30. The van der Waals surface area contributed by atoms with Crippen molar-refractivity contribution in [3.8, 4) is 0 Å². The van der Waals surface area contributed by atoms with E-state index in [9.17, 15) is 4.79 Å². The van der Waals surface area contributed by atoms with Crippen molar-refractivity contribution in [3.63, 3.8) is 0 Å². The fraction of sp³-hybridized carbons (Fsp3) is 0.929. The Morgan fingerprint density at radius 3 is 2.29 bits per heavy atom. The van der Waals surface area contributed by atoms with Crippen LogP contribution in [0.4, 0.5) is 0 Å². The molecule has 3 heteroatoms. The van der Waals surface area contributed by atoms with Crippen LogP contribution in [0.15, 0.2) is 0 Å². The summed E-state index contributed by atoms with van der Waals surface area (Å²) in [6.45, 7) is 10.6. The predicted molar refractivity (Wildman–Crippen MR) is 69.6 cm³/mol. The van der Waals surface area contributed by atoms with Gasteiger partial charge in [0, 0.05) is 26.1 Å². The monoisotopic (exact) mass is 241 g/mol. The number of amides is 1. The summed E-state index contributed by atoms with van der Waals surface area (Å²) in [6, 6.07) is 0. The highest BCUT2D eigenvalue weighted by molar-refractivity contribution is 5.76. The van der Waals surface area contributed by atoms with E-state index in [2.05, 4.69) is 27.7 Å². The average molecular weight is 241 g/mol. The number of nitrogens with zero attached hydrogens (tertiary/aromatic N) is 1. The summed E-state index contributed by atoms with van der Waals surface area (Å²) in [5, 5.41) is 9.06. The number of piperidine rings is 1. The van der Waals surface area contributed by atoms with Gasteiger partial charge in [0.2, 0.25) is 5.91 Å². The SMILES string of the molecule is CC(CC(=O)N1CCC(CO)CC1)C(C)(C)C. The number of aliphatic hydroxyl groups excluding tert-OH is 1. The van der Waals surface area contributed by atoms with E-state index < -0.39 is 0 Å². The van der Waals surface area contributed by atoms with Gasteiger partial charge in [-0.2, -0.15) is 0 Å². The number of hydrogen-bond donors (Lipinski definition) is 1. The second-order valence-electron chi connectivity index (χ2n) is 6.48. The van der Waals surface area contributed by atoms with E-state index in [1.807, 2.05) is 4.90 Å². The van der Waals surface area contributed by atoms with Crippen LogP contribution in [0, 0.1) is 17.3 Å². The van der Waals surface area contributed by atoms with Gasteiger partial charge in [0.15, 0.2) is 0 Å². The molecule has 1 unspecified atom stereocenters. The molecule has 1 heterocycles. The number of carbonyl (C=O) groups is 1. The minimum absolute atomic E-state index is 0.194.